The minimum Gasteiger partial charge on any atom is -0.356 e. The molecule has 2 saturated heterocycles. The van der Waals surface area contributed by atoms with Gasteiger partial charge in [0.15, 0.2) is 0 Å². The van der Waals surface area contributed by atoms with Crippen LogP contribution < -0.4 is 9.80 Å². The van der Waals surface area contributed by atoms with Crippen molar-refractivity contribution >= 4 is 17.5 Å². The Hall–Kier alpha value is -2.64. The molecular formula is C19H27N7O. The third-order valence-corrected chi connectivity index (χ3v) is 5.68. The first-order valence-corrected chi connectivity index (χ1v) is 9.66. The molecule has 2 fully saturated rings. The van der Waals surface area contributed by atoms with Crippen LogP contribution in [0.5, 0.6) is 0 Å². The summed E-state index contributed by atoms with van der Waals surface area (Å²) in [5, 5.41) is 4.37. The quantitative estimate of drug-likeness (QED) is 0.814. The number of amides is 1. The van der Waals surface area contributed by atoms with Crippen LogP contribution in [0.3, 0.4) is 0 Å². The van der Waals surface area contributed by atoms with E-state index in [4.69, 9.17) is 0 Å². The molecule has 2 aromatic heterocycles. The first-order valence-electron chi connectivity index (χ1n) is 9.66. The van der Waals surface area contributed by atoms with E-state index in [9.17, 15) is 4.79 Å². The van der Waals surface area contributed by atoms with Gasteiger partial charge in [-0.25, -0.2) is 9.97 Å². The van der Waals surface area contributed by atoms with Crippen molar-refractivity contribution in [1.29, 1.82) is 0 Å². The van der Waals surface area contributed by atoms with E-state index < -0.39 is 0 Å². The number of hydrogen-bond donors (Lipinski definition) is 0. The van der Waals surface area contributed by atoms with Gasteiger partial charge < -0.3 is 14.7 Å². The van der Waals surface area contributed by atoms with Crippen LogP contribution in [0, 0.1) is 13.8 Å². The number of anilines is 2. The normalized spacial score (nSPS) is 17.7. The van der Waals surface area contributed by atoms with Crippen molar-refractivity contribution < 1.29 is 4.79 Å². The Morgan fingerprint density at radius 3 is 2.07 bits per heavy atom. The summed E-state index contributed by atoms with van der Waals surface area (Å²) in [6, 6.07) is 2.08. The van der Waals surface area contributed by atoms with E-state index in [2.05, 4.69) is 30.9 Å². The zero-order chi connectivity index (χ0) is 19.0. The van der Waals surface area contributed by atoms with Gasteiger partial charge in [-0.2, -0.15) is 5.10 Å². The lowest BCUT2D eigenvalue weighted by atomic mass is 10.1. The van der Waals surface area contributed by atoms with Gasteiger partial charge in [0.05, 0.1) is 11.3 Å². The van der Waals surface area contributed by atoms with Crippen molar-refractivity contribution in [2.75, 3.05) is 49.1 Å². The molecule has 0 bridgehead atoms. The zero-order valence-corrected chi connectivity index (χ0v) is 16.4. The number of aromatic nitrogens is 4. The topological polar surface area (TPSA) is 70.4 Å². The second-order valence-corrected chi connectivity index (χ2v) is 7.38. The predicted molar refractivity (Wildman–Crippen MR) is 104 cm³/mol. The number of nitrogens with zero attached hydrogens (tertiary/aromatic N) is 7. The molecular weight excluding hydrogens is 342 g/mol. The van der Waals surface area contributed by atoms with Gasteiger partial charge >= 0.3 is 0 Å². The Morgan fingerprint density at radius 2 is 1.52 bits per heavy atom. The van der Waals surface area contributed by atoms with Crippen LogP contribution in [0.4, 0.5) is 11.6 Å². The maximum atomic E-state index is 12.9. The molecule has 8 heteroatoms. The lowest BCUT2D eigenvalue weighted by Gasteiger charge is -2.35. The second kappa shape index (κ2) is 7.17. The average molecular weight is 369 g/mol. The fourth-order valence-electron chi connectivity index (χ4n) is 4.01. The van der Waals surface area contributed by atoms with E-state index in [0.29, 0.717) is 13.1 Å². The van der Waals surface area contributed by atoms with Gasteiger partial charge in [0, 0.05) is 58.1 Å². The van der Waals surface area contributed by atoms with Gasteiger partial charge in [0.2, 0.25) is 0 Å². The highest BCUT2D eigenvalue weighted by molar-refractivity contribution is 5.96. The smallest absolute Gasteiger partial charge is 0.257 e. The summed E-state index contributed by atoms with van der Waals surface area (Å²) in [7, 11) is 1.88. The molecule has 2 aliphatic rings. The molecule has 0 N–H and O–H groups in total. The molecule has 4 rings (SSSR count). The van der Waals surface area contributed by atoms with Gasteiger partial charge in [-0.05, 0) is 26.7 Å². The molecule has 0 radical (unpaired) electrons. The fourth-order valence-corrected chi connectivity index (χ4v) is 4.01. The SMILES string of the molecule is Cc1nn(C)c(C)c1C(=O)N1CCN(c2cc(N3CCCC3)ncn2)CC1. The predicted octanol–water partition coefficient (Wildman–Crippen LogP) is 1.39. The van der Waals surface area contributed by atoms with Gasteiger partial charge in [-0.15, -0.1) is 0 Å². The lowest BCUT2D eigenvalue weighted by Crippen LogP contribution is -2.49. The molecule has 0 aromatic carbocycles. The van der Waals surface area contributed by atoms with E-state index in [1.807, 2.05) is 25.8 Å². The van der Waals surface area contributed by atoms with Crippen molar-refractivity contribution in [3.05, 3.63) is 29.3 Å². The van der Waals surface area contributed by atoms with E-state index >= 15 is 0 Å². The van der Waals surface area contributed by atoms with Gasteiger partial charge in [-0.3, -0.25) is 9.48 Å². The van der Waals surface area contributed by atoms with Crippen LogP contribution in [-0.2, 0) is 7.05 Å². The largest absolute Gasteiger partial charge is 0.356 e. The highest BCUT2D eigenvalue weighted by Crippen LogP contribution is 2.23. The summed E-state index contributed by atoms with van der Waals surface area (Å²) in [5.41, 5.74) is 2.46. The third kappa shape index (κ3) is 3.36. The number of rotatable bonds is 3. The van der Waals surface area contributed by atoms with Crippen LogP contribution in [-0.4, -0.2) is 69.8 Å². The third-order valence-electron chi connectivity index (χ3n) is 5.68. The summed E-state index contributed by atoms with van der Waals surface area (Å²) < 4.78 is 1.78. The average Bonchev–Trinajstić information content (AvgIpc) is 3.30. The summed E-state index contributed by atoms with van der Waals surface area (Å²) in [5.74, 6) is 2.04. The van der Waals surface area contributed by atoms with Gasteiger partial charge in [0.1, 0.15) is 18.0 Å². The fraction of sp³-hybridized carbons (Fsp3) is 0.579. The minimum atomic E-state index is 0.0817. The molecule has 2 aliphatic heterocycles. The maximum absolute atomic E-state index is 12.9. The van der Waals surface area contributed by atoms with Crippen molar-refractivity contribution in [3.8, 4) is 0 Å². The van der Waals surface area contributed by atoms with Crippen LogP contribution >= 0.6 is 0 Å². The molecule has 0 atom stereocenters. The first kappa shape index (κ1) is 17.8. The van der Waals surface area contributed by atoms with Crippen molar-refractivity contribution in [3.63, 3.8) is 0 Å². The molecule has 27 heavy (non-hydrogen) atoms. The molecule has 1 amide bonds. The van der Waals surface area contributed by atoms with Crippen molar-refractivity contribution in [1.82, 2.24) is 24.6 Å². The molecule has 2 aromatic rings. The molecule has 4 heterocycles. The molecule has 0 aliphatic carbocycles. The van der Waals surface area contributed by atoms with Crippen molar-refractivity contribution in [2.24, 2.45) is 7.05 Å². The number of piperazine rings is 1. The van der Waals surface area contributed by atoms with Crippen molar-refractivity contribution in [2.45, 2.75) is 26.7 Å². The Kier molecular flexibility index (Phi) is 4.72. The molecule has 0 spiro atoms. The first-order chi connectivity index (χ1) is 13.0. The standard InChI is InChI=1S/C19H27N7O/c1-14-18(15(2)23(3)22-14)19(27)26-10-8-25(9-11-26)17-12-16(20-13-21-17)24-6-4-5-7-24/h12-13H,4-11H2,1-3H3. The summed E-state index contributed by atoms with van der Waals surface area (Å²) in [6.45, 7) is 8.93. The molecule has 0 saturated carbocycles. The highest BCUT2D eigenvalue weighted by Gasteiger charge is 2.27. The van der Waals surface area contributed by atoms with Crippen LogP contribution in [0.1, 0.15) is 34.6 Å². The van der Waals surface area contributed by atoms with Crippen LogP contribution in [0.25, 0.3) is 0 Å². The number of carbonyl (C=O) groups is 1. The van der Waals surface area contributed by atoms with E-state index in [1.54, 1.807) is 11.0 Å². The Labute approximate surface area is 159 Å². The number of carbonyl (C=O) groups excluding carboxylic acids is 1. The van der Waals surface area contributed by atoms with E-state index in [-0.39, 0.29) is 5.91 Å². The van der Waals surface area contributed by atoms with Crippen LogP contribution in [0.2, 0.25) is 0 Å². The van der Waals surface area contributed by atoms with E-state index in [1.165, 1.54) is 12.8 Å². The molecule has 144 valence electrons. The van der Waals surface area contributed by atoms with Gasteiger partial charge in [0.25, 0.3) is 5.91 Å². The number of aryl methyl sites for hydroxylation is 2. The monoisotopic (exact) mass is 369 g/mol. The minimum absolute atomic E-state index is 0.0817. The number of hydrogen-bond acceptors (Lipinski definition) is 6. The molecule has 0 unspecified atom stereocenters. The summed E-state index contributed by atoms with van der Waals surface area (Å²) in [4.78, 5) is 28.3. The summed E-state index contributed by atoms with van der Waals surface area (Å²) in [6.07, 6.45) is 4.11. The zero-order valence-electron chi connectivity index (χ0n) is 16.4. The second-order valence-electron chi connectivity index (χ2n) is 7.38. The highest BCUT2D eigenvalue weighted by atomic mass is 16.2. The van der Waals surface area contributed by atoms with Gasteiger partial charge in [-0.1, -0.05) is 0 Å². The summed E-state index contributed by atoms with van der Waals surface area (Å²) >= 11 is 0. The Balaban J connectivity index is 1.43. The molecule has 8 nitrogen and oxygen atoms in total. The lowest BCUT2D eigenvalue weighted by molar-refractivity contribution is 0.0745. The van der Waals surface area contributed by atoms with E-state index in [0.717, 1.165) is 54.8 Å². The Bertz CT molecular complexity index is 833. The maximum Gasteiger partial charge on any atom is 0.257 e. The van der Waals surface area contributed by atoms with Crippen LogP contribution in [0.15, 0.2) is 12.4 Å². The Morgan fingerprint density at radius 1 is 0.926 bits per heavy atom.